The molecular weight excluding hydrogens is 244 g/mol. The fourth-order valence-electron chi connectivity index (χ4n) is 2.34. The fraction of sp³-hybridized carbons (Fsp3) is 0.571. The van der Waals surface area contributed by atoms with E-state index in [0.717, 1.165) is 18.5 Å². The Hall–Kier alpha value is -1.62. The number of aromatic nitrogens is 1. The van der Waals surface area contributed by atoms with Gasteiger partial charge in [-0.25, -0.2) is 4.79 Å². The second-order valence-corrected chi connectivity index (χ2v) is 4.88. The molecule has 5 nitrogen and oxygen atoms in total. The van der Waals surface area contributed by atoms with Gasteiger partial charge in [-0.15, -0.1) is 0 Å². The predicted octanol–water partition coefficient (Wildman–Crippen LogP) is 2.46. The minimum atomic E-state index is -0.966. The number of nitrogens with zero attached hydrogens (tertiary/aromatic N) is 1. The first-order chi connectivity index (χ1) is 9.16. The quantitative estimate of drug-likeness (QED) is 0.772. The molecule has 1 heterocycles. The summed E-state index contributed by atoms with van der Waals surface area (Å²) in [6, 6.07) is 1.75. The Balaban J connectivity index is 1.84. The van der Waals surface area contributed by atoms with E-state index >= 15 is 0 Å². The van der Waals surface area contributed by atoms with E-state index in [0.29, 0.717) is 24.9 Å². The Morgan fingerprint density at radius 1 is 1.53 bits per heavy atom. The summed E-state index contributed by atoms with van der Waals surface area (Å²) in [7, 11) is 0. The maximum Gasteiger partial charge on any atom is 0.339 e. The second-order valence-electron chi connectivity index (χ2n) is 4.88. The molecule has 1 saturated carbocycles. The number of carbonyl (C=O) groups is 1. The summed E-state index contributed by atoms with van der Waals surface area (Å²) in [6.45, 7) is 3.05. The van der Waals surface area contributed by atoms with Gasteiger partial charge in [-0.05, 0) is 25.8 Å². The smallest absolute Gasteiger partial charge is 0.339 e. The zero-order valence-electron chi connectivity index (χ0n) is 11.2. The minimum absolute atomic E-state index is 0.200. The van der Waals surface area contributed by atoms with Crippen molar-refractivity contribution >= 4 is 11.7 Å². The molecule has 1 aromatic heterocycles. The van der Waals surface area contributed by atoms with Gasteiger partial charge in [0.25, 0.3) is 0 Å². The zero-order valence-corrected chi connectivity index (χ0v) is 11.2. The van der Waals surface area contributed by atoms with E-state index < -0.39 is 5.97 Å². The van der Waals surface area contributed by atoms with Crippen LogP contribution < -0.4 is 5.32 Å². The van der Waals surface area contributed by atoms with Crippen molar-refractivity contribution in [2.45, 2.75) is 38.7 Å². The number of anilines is 1. The number of carboxylic acids is 1. The topological polar surface area (TPSA) is 71.5 Å². The van der Waals surface area contributed by atoms with Crippen molar-refractivity contribution in [3.8, 4) is 0 Å². The van der Waals surface area contributed by atoms with Gasteiger partial charge in [0, 0.05) is 18.4 Å². The summed E-state index contributed by atoms with van der Waals surface area (Å²) >= 11 is 0. The second kappa shape index (κ2) is 6.52. The first kappa shape index (κ1) is 13.8. The molecule has 5 heteroatoms. The first-order valence-corrected chi connectivity index (χ1v) is 6.72. The SMILES string of the molecule is Cc1cc(NCCOC2CCCC2)c(C(=O)O)cn1. The van der Waals surface area contributed by atoms with Crippen LogP contribution in [-0.2, 0) is 4.74 Å². The van der Waals surface area contributed by atoms with Crippen LogP contribution in [0.2, 0.25) is 0 Å². The molecule has 1 aliphatic rings. The molecule has 1 aromatic rings. The number of rotatable bonds is 6. The number of pyridine rings is 1. The Labute approximate surface area is 113 Å². The summed E-state index contributed by atoms with van der Waals surface area (Å²) < 4.78 is 5.73. The fourth-order valence-corrected chi connectivity index (χ4v) is 2.34. The van der Waals surface area contributed by atoms with E-state index in [1.807, 2.05) is 6.92 Å². The Morgan fingerprint density at radius 3 is 2.95 bits per heavy atom. The van der Waals surface area contributed by atoms with Crippen molar-refractivity contribution in [2.75, 3.05) is 18.5 Å². The predicted molar refractivity (Wildman–Crippen MR) is 72.6 cm³/mol. The lowest BCUT2D eigenvalue weighted by Gasteiger charge is -2.13. The standard InChI is InChI=1S/C14H20N2O3/c1-10-8-13(12(9-16-10)14(17)18)15-6-7-19-11-4-2-3-5-11/h8-9,11H,2-7H2,1H3,(H,15,16)(H,17,18). The van der Waals surface area contributed by atoms with Crippen LogP contribution in [0.1, 0.15) is 41.7 Å². The summed E-state index contributed by atoms with van der Waals surface area (Å²) in [5.41, 5.74) is 1.60. The number of hydrogen-bond donors (Lipinski definition) is 2. The van der Waals surface area contributed by atoms with E-state index in [1.165, 1.54) is 19.0 Å². The van der Waals surface area contributed by atoms with Gasteiger partial charge in [-0.3, -0.25) is 4.98 Å². The van der Waals surface area contributed by atoms with Crippen LogP contribution in [0.25, 0.3) is 0 Å². The van der Waals surface area contributed by atoms with Crippen LogP contribution in [0, 0.1) is 6.92 Å². The van der Waals surface area contributed by atoms with Crippen molar-refractivity contribution < 1.29 is 14.6 Å². The maximum absolute atomic E-state index is 11.1. The largest absolute Gasteiger partial charge is 0.478 e. The van der Waals surface area contributed by atoms with E-state index in [2.05, 4.69) is 10.3 Å². The van der Waals surface area contributed by atoms with E-state index in [-0.39, 0.29) is 5.56 Å². The number of aryl methyl sites for hydroxylation is 1. The van der Waals surface area contributed by atoms with Gasteiger partial charge in [0.15, 0.2) is 0 Å². The zero-order chi connectivity index (χ0) is 13.7. The molecule has 0 saturated heterocycles. The van der Waals surface area contributed by atoms with Crippen molar-refractivity contribution in [3.63, 3.8) is 0 Å². The molecular formula is C14H20N2O3. The van der Waals surface area contributed by atoms with Crippen LogP contribution in [-0.4, -0.2) is 35.3 Å². The molecule has 0 aromatic carbocycles. The van der Waals surface area contributed by atoms with Crippen molar-refractivity contribution in [1.29, 1.82) is 0 Å². The van der Waals surface area contributed by atoms with Crippen molar-refractivity contribution in [1.82, 2.24) is 4.98 Å². The lowest BCUT2D eigenvalue weighted by Crippen LogP contribution is -2.17. The molecule has 104 valence electrons. The molecule has 1 fully saturated rings. The molecule has 2 N–H and O–H groups in total. The molecule has 0 aliphatic heterocycles. The van der Waals surface area contributed by atoms with Crippen LogP contribution in [0.4, 0.5) is 5.69 Å². The summed E-state index contributed by atoms with van der Waals surface area (Å²) in [6.07, 6.45) is 6.58. The average Bonchev–Trinajstić information content (AvgIpc) is 2.87. The summed E-state index contributed by atoms with van der Waals surface area (Å²) in [4.78, 5) is 15.1. The number of aromatic carboxylic acids is 1. The molecule has 0 unspecified atom stereocenters. The van der Waals surface area contributed by atoms with Crippen molar-refractivity contribution in [2.24, 2.45) is 0 Å². The van der Waals surface area contributed by atoms with Crippen LogP contribution in [0.3, 0.4) is 0 Å². The third kappa shape index (κ3) is 3.92. The Morgan fingerprint density at radius 2 is 2.26 bits per heavy atom. The molecule has 0 bridgehead atoms. The van der Waals surface area contributed by atoms with E-state index in [4.69, 9.17) is 9.84 Å². The molecule has 0 radical (unpaired) electrons. The minimum Gasteiger partial charge on any atom is -0.478 e. The highest BCUT2D eigenvalue weighted by Crippen LogP contribution is 2.21. The van der Waals surface area contributed by atoms with Gasteiger partial charge in [0.05, 0.1) is 18.4 Å². The lowest BCUT2D eigenvalue weighted by atomic mass is 10.2. The third-order valence-electron chi connectivity index (χ3n) is 3.34. The monoisotopic (exact) mass is 264 g/mol. The molecule has 19 heavy (non-hydrogen) atoms. The Kier molecular flexibility index (Phi) is 4.74. The van der Waals surface area contributed by atoms with Crippen LogP contribution in [0.15, 0.2) is 12.3 Å². The van der Waals surface area contributed by atoms with Crippen molar-refractivity contribution in [3.05, 3.63) is 23.5 Å². The van der Waals surface area contributed by atoms with Gasteiger partial charge < -0.3 is 15.2 Å². The first-order valence-electron chi connectivity index (χ1n) is 6.72. The van der Waals surface area contributed by atoms with E-state index in [9.17, 15) is 4.79 Å². The molecule has 2 rings (SSSR count). The maximum atomic E-state index is 11.1. The number of ether oxygens (including phenoxy) is 1. The number of hydrogen-bond acceptors (Lipinski definition) is 4. The molecule has 0 amide bonds. The van der Waals surface area contributed by atoms with E-state index in [1.54, 1.807) is 6.07 Å². The van der Waals surface area contributed by atoms with Gasteiger partial charge >= 0.3 is 5.97 Å². The highest BCUT2D eigenvalue weighted by atomic mass is 16.5. The average molecular weight is 264 g/mol. The molecule has 1 aliphatic carbocycles. The Bertz CT molecular complexity index is 442. The number of carboxylic acid groups (broad SMARTS) is 1. The van der Waals surface area contributed by atoms with Crippen LogP contribution >= 0.6 is 0 Å². The third-order valence-corrected chi connectivity index (χ3v) is 3.34. The van der Waals surface area contributed by atoms with Gasteiger partial charge in [0.2, 0.25) is 0 Å². The highest BCUT2D eigenvalue weighted by molar-refractivity contribution is 5.93. The number of nitrogens with one attached hydrogen (secondary N) is 1. The van der Waals surface area contributed by atoms with Gasteiger partial charge in [-0.2, -0.15) is 0 Å². The lowest BCUT2D eigenvalue weighted by molar-refractivity contribution is 0.0655. The summed E-state index contributed by atoms with van der Waals surface area (Å²) in [5, 5.41) is 12.2. The molecule has 0 spiro atoms. The summed E-state index contributed by atoms with van der Waals surface area (Å²) in [5.74, 6) is -0.966. The van der Waals surface area contributed by atoms with Gasteiger partial charge in [-0.1, -0.05) is 12.8 Å². The molecule has 0 atom stereocenters. The van der Waals surface area contributed by atoms with Gasteiger partial charge in [0.1, 0.15) is 5.56 Å². The highest BCUT2D eigenvalue weighted by Gasteiger charge is 2.15. The normalized spacial score (nSPS) is 15.6. The van der Waals surface area contributed by atoms with Crippen LogP contribution in [0.5, 0.6) is 0 Å².